The lowest BCUT2D eigenvalue weighted by atomic mass is 9.88. The first-order valence-corrected chi connectivity index (χ1v) is 7.04. The van der Waals surface area contributed by atoms with E-state index in [0.29, 0.717) is 22.5 Å². The first kappa shape index (κ1) is 12.8. The van der Waals surface area contributed by atoms with E-state index in [4.69, 9.17) is 4.42 Å². The molecule has 0 atom stereocenters. The molecule has 0 spiro atoms. The second kappa shape index (κ2) is 4.53. The van der Waals surface area contributed by atoms with Crippen LogP contribution in [0.1, 0.15) is 37.6 Å². The van der Waals surface area contributed by atoms with Crippen LogP contribution >= 0.6 is 0 Å². The van der Waals surface area contributed by atoms with E-state index in [1.165, 1.54) is 0 Å². The summed E-state index contributed by atoms with van der Waals surface area (Å²) in [6.07, 6.45) is 0. The van der Waals surface area contributed by atoms with Crippen LogP contribution < -0.4 is 0 Å². The summed E-state index contributed by atoms with van der Waals surface area (Å²) in [5.41, 5.74) is 3.18. The lowest BCUT2D eigenvalue weighted by Crippen LogP contribution is -2.18. The molecule has 0 unspecified atom stereocenters. The van der Waals surface area contributed by atoms with Crippen molar-refractivity contribution in [3.63, 3.8) is 0 Å². The first-order chi connectivity index (χ1) is 10.6. The summed E-state index contributed by atoms with van der Waals surface area (Å²) < 4.78 is 5.70. The van der Waals surface area contributed by atoms with Gasteiger partial charge in [0, 0.05) is 16.7 Å². The van der Waals surface area contributed by atoms with Gasteiger partial charge < -0.3 is 4.42 Å². The maximum atomic E-state index is 12.5. The molecule has 0 N–H and O–H groups in total. The van der Waals surface area contributed by atoms with Gasteiger partial charge >= 0.3 is 0 Å². The molecule has 3 aromatic rings. The highest BCUT2D eigenvalue weighted by atomic mass is 16.3. The second-order valence-electron chi connectivity index (χ2n) is 5.42. The summed E-state index contributed by atoms with van der Waals surface area (Å²) in [6.45, 7) is 2.00. The van der Waals surface area contributed by atoms with E-state index in [2.05, 4.69) is 0 Å². The summed E-state index contributed by atoms with van der Waals surface area (Å²) in [7, 11) is 0. The van der Waals surface area contributed by atoms with Crippen LogP contribution in [0.2, 0.25) is 0 Å². The van der Waals surface area contributed by atoms with Crippen LogP contribution in [0.5, 0.6) is 0 Å². The third kappa shape index (κ3) is 1.76. The van der Waals surface area contributed by atoms with E-state index >= 15 is 0 Å². The Kier molecular flexibility index (Phi) is 2.63. The van der Waals surface area contributed by atoms with Crippen LogP contribution in [0.3, 0.4) is 0 Å². The summed E-state index contributed by atoms with van der Waals surface area (Å²) >= 11 is 0. The molecule has 3 heteroatoms. The van der Waals surface area contributed by atoms with Gasteiger partial charge in [-0.1, -0.05) is 54.1 Å². The van der Waals surface area contributed by atoms with Crippen molar-refractivity contribution in [2.45, 2.75) is 6.92 Å². The van der Waals surface area contributed by atoms with Crippen molar-refractivity contribution < 1.29 is 14.0 Å². The van der Waals surface area contributed by atoms with Gasteiger partial charge in [0.2, 0.25) is 5.78 Å². The van der Waals surface area contributed by atoms with Crippen LogP contribution in [0.15, 0.2) is 59.0 Å². The van der Waals surface area contributed by atoms with Gasteiger partial charge in [-0.2, -0.15) is 0 Å². The third-order valence-corrected chi connectivity index (χ3v) is 3.94. The van der Waals surface area contributed by atoms with Crippen molar-refractivity contribution in [3.8, 4) is 11.3 Å². The molecule has 106 valence electrons. The molecule has 0 saturated carbocycles. The zero-order chi connectivity index (χ0) is 15.3. The Morgan fingerprint density at radius 3 is 2.09 bits per heavy atom. The molecule has 4 rings (SSSR count). The lowest BCUT2D eigenvalue weighted by molar-refractivity contribution is 0.0961. The van der Waals surface area contributed by atoms with Gasteiger partial charge in [-0.15, -0.1) is 0 Å². The van der Waals surface area contributed by atoms with Crippen molar-refractivity contribution in [1.82, 2.24) is 0 Å². The molecule has 0 aliphatic heterocycles. The van der Waals surface area contributed by atoms with Crippen molar-refractivity contribution in [2.75, 3.05) is 0 Å². The monoisotopic (exact) mass is 288 g/mol. The Labute approximate surface area is 127 Å². The van der Waals surface area contributed by atoms with E-state index in [9.17, 15) is 9.59 Å². The maximum absolute atomic E-state index is 12.5. The van der Waals surface area contributed by atoms with Gasteiger partial charge in [0.05, 0.1) is 5.56 Å². The van der Waals surface area contributed by atoms with E-state index in [1.807, 2.05) is 31.2 Å². The molecular formula is C19H12O3. The van der Waals surface area contributed by atoms with Crippen molar-refractivity contribution >= 4 is 11.6 Å². The molecule has 0 bridgehead atoms. The van der Waals surface area contributed by atoms with Crippen molar-refractivity contribution in [3.05, 3.63) is 82.6 Å². The molecule has 22 heavy (non-hydrogen) atoms. The highest BCUT2D eigenvalue weighted by Crippen LogP contribution is 2.33. The molecule has 0 radical (unpaired) electrons. The van der Waals surface area contributed by atoms with Crippen LogP contribution in [0, 0.1) is 6.92 Å². The Balaban J connectivity index is 1.88. The molecule has 3 nitrogen and oxygen atoms in total. The van der Waals surface area contributed by atoms with Crippen LogP contribution in [-0.4, -0.2) is 11.6 Å². The number of carbonyl (C=O) groups is 2. The Morgan fingerprint density at radius 2 is 1.41 bits per heavy atom. The molecule has 2 aromatic carbocycles. The van der Waals surface area contributed by atoms with Crippen molar-refractivity contribution in [2.24, 2.45) is 0 Å². The van der Waals surface area contributed by atoms with E-state index in [0.717, 1.165) is 11.1 Å². The SMILES string of the molecule is Cc1ccc(-c2cc3c(o2)C(=O)c2ccccc2C3=O)cc1. The predicted octanol–water partition coefficient (Wildman–Crippen LogP) is 4.03. The van der Waals surface area contributed by atoms with Gasteiger partial charge in [-0.25, -0.2) is 0 Å². The minimum atomic E-state index is -0.233. The molecule has 1 aliphatic carbocycles. The number of benzene rings is 2. The van der Waals surface area contributed by atoms with E-state index in [1.54, 1.807) is 30.3 Å². The molecule has 1 aliphatic rings. The van der Waals surface area contributed by atoms with Gasteiger partial charge in [-0.3, -0.25) is 9.59 Å². The Morgan fingerprint density at radius 1 is 0.773 bits per heavy atom. The van der Waals surface area contributed by atoms with Gasteiger partial charge in [0.25, 0.3) is 0 Å². The van der Waals surface area contributed by atoms with Crippen LogP contribution in [-0.2, 0) is 0 Å². The topological polar surface area (TPSA) is 47.3 Å². The van der Waals surface area contributed by atoms with Gasteiger partial charge in [0.1, 0.15) is 5.76 Å². The highest BCUT2D eigenvalue weighted by Gasteiger charge is 2.33. The number of aryl methyl sites for hydroxylation is 1. The van der Waals surface area contributed by atoms with Crippen molar-refractivity contribution in [1.29, 1.82) is 0 Å². The summed E-state index contributed by atoms with van der Waals surface area (Å²) in [6, 6.07) is 16.3. The molecule has 1 heterocycles. The average molecular weight is 288 g/mol. The lowest BCUT2D eigenvalue weighted by Gasteiger charge is -2.11. The van der Waals surface area contributed by atoms with E-state index in [-0.39, 0.29) is 17.3 Å². The smallest absolute Gasteiger partial charge is 0.229 e. The summed E-state index contributed by atoms with van der Waals surface area (Å²) in [4.78, 5) is 25.0. The number of hydrogen-bond acceptors (Lipinski definition) is 3. The average Bonchev–Trinajstić information content (AvgIpc) is 2.99. The summed E-state index contributed by atoms with van der Waals surface area (Å²) in [5, 5.41) is 0. The third-order valence-electron chi connectivity index (χ3n) is 3.94. The number of carbonyl (C=O) groups excluding carboxylic acids is 2. The number of fused-ring (bicyclic) bond motifs is 2. The zero-order valence-corrected chi connectivity index (χ0v) is 11.9. The zero-order valence-electron chi connectivity index (χ0n) is 11.9. The maximum Gasteiger partial charge on any atom is 0.229 e. The predicted molar refractivity (Wildman–Crippen MR) is 82.2 cm³/mol. The standard InChI is InChI=1S/C19H12O3/c1-11-6-8-12(9-7-11)16-10-15-17(20)13-4-2-3-5-14(13)18(21)19(15)22-16/h2-10H,1H3. The normalized spacial score (nSPS) is 13.0. The number of ketones is 2. The molecule has 0 amide bonds. The fourth-order valence-corrected chi connectivity index (χ4v) is 2.73. The fourth-order valence-electron chi connectivity index (χ4n) is 2.73. The Bertz CT molecular complexity index is 862. The molecule has 0 fully saturated rings. The van der Waals surface area contributed by atoms with E-state index < -0.39 is 0 Å². The summed E-state index contributed by atoms with van der Waals surface area (Å²) in [5.74, 6) is 0.287. The second-order valence-corrected chi connectivity index (χ2v) is 5.42. The van der Waals surface area contributed by atoms with Gasteiger partial charge in [-0.05, 0) is 13.0 Å². The first-order valence-electron chi connectivity index (χ1n) is 7.04. The largest absolute Gasteiger partial charge is 0.452 e. The minimum absolute atomic E-state index is 0.138. The van der Waals surface area contributed by atoms with Gasteiger partial charge in [0.15, 0.2) is 11.5 Å². The molecular weight excluding hydrogens is 276 g/mol. The quantitative estimate of drug-likeness (QED) is 0.531. The number of rotatable bonds is 1. The number of hydrogen-bond donors (Lipinski definition) is 0. The van der Waals surface area contributed by atoms with Crippen LogP contribution in [0.25, 0.3) is 11.3 Å². The molecule has 0 saturated heterocycles. The highest BCUT2D eigenvalue weighted by molar-refractivity contribution is 6.27. The Hall–Kier alpha value is -2.94. The minimum Gasteiger partial charge on any atom is -0.452 e. The van der Waals surface area contributed by atoms with Crippen LogP contribution in [0.4, 0.5) is 0 Å². The number of furan rings is 1. The molecule has 1 aromatic heterocycles. The fraction of sp³-hybridized carbons (Fsp3) is 0.0526.